The van der Waals surface area contributed by atoms with Gasteiger partial charge in [0.05, 0.1) is 34.9 Å². The van der Waals surface area contributed by atoms with E-state index in [9.17, 15) is 10.2 Å². The van der Waals surface area contributed by atoms with E-state index < -0.39 is 5.60 Å². The molecule has 0 bridgehead atoms. The molecule has 0 amide bonds. The molecule has 2 N–H and O–H groups in total. The molecular formula is C30H28ClN5O2. The van der Waals surface area contributed by atoms with Crippen molar-refractivity contribution in [2.24, 2.45) is 7.05 Å². The first kappa shape index (κ1) is 24.6. The Labute approximate surface area is 226 Å². The lowest BCUT2D eigenvalue weighted by Crippen LogP contribution is -2.36. The van der Waals surface area contributed by atoms with Crippen LogP contribution in [0.1, 0.15) is 29.7 Å². The number of nitrogens with zero attached hydrogens (tertiary/aromatic N) is 5. The third-order valence-corrected chi connectivity index (χ3v) is 7.82. The lowest BCUT2D eigenvalue weighted by molar-refractivity contribution is 0.117. The molecule has 1 fully saturated rings. The number of aliphatic hydroxyl groups excluding tert-OH is 1. The summed E-state index contributed by atoms with van der Waals surface area (Å²) in [5.74, 6) is 0.810. The first-order valence-electron chi connectivity index (χ1n) is 12.7. The number of hydrogen-bond acceptors (Lipinski definition) is 6. The van der Waals surface area contributed by atoms with Crippen LogP contribution in [0.15, 0.2) is 85.6 Å². The van der Waals surface area contributed by atoms with Crippen molar-refractivity contribution in [3.8, 4) is 11.1 Å². The van der Waals surface area contributed by atoms with Crippen LogP contribution < -0.4 is 4.90 Å². The number of aliphatic hydroxyl groups is 2. The minimum Gasteiger partial charge on any atom is -0.393 e. The van der Waals surface area contributed by atoms with Crippen LogP contribution in [-0.2, 0) is 12.6 Å². The van der Waals surface area contributed by atoms with Crippen LogP contribution in [0.5, 0.6) is 0 Å². The summed E-state index contributed by atoms with van der Waals surface area (Å²) in [7, 11) is 1.86. The van der Waals surface area contributed by atoms with E-state index in [-0.39, 0.29) is 6.10 Å². The van der Waals surface area contributed by atoms with E-state index in [0.29, 0.717) is 47.8 Å². The molecule has 1 saturated heterocycles. The summed E-state index contributed by atoms with van der Waals surface area (Å²) in [4.78, 5) is 15.7. The van der Waals surface area contributed by atoms with Crippen LogP contribution in [-0.4, -0.2) is 48.9 Å². The number of anilines is 1. The van der Waals surface area contributed by atoms with Gasteiger partial charge in [-0.1, -0.05) is 48.0 Å². The van der Waals surface area contributed by atoms with E-state index in [1.807, 2.05) is 60.1 Å². The molecule has 0 spiro atoms. The second-order valence-electron chi connectivity index (χ2n) is 9.78. The zero-order chi connectivity index (χ0) is 26.3. The normalized spacial score (nSPS) is 16.1. The van der Waals surface area contributed by atoms with Gasteiger partial charge < -0.3 is 19.7 Å². The highest BCUT2D eigenvalue weighted by atomic mass is 35.5. The van der Waals surface area contributed by atoms with Gasteiger partial charge in [-0.05, 0) is 53.8 Å². The number of benzene rings is 2. The van der Waals surface area contributed by atoms with E-state index in [1.54, 1.807) is 37.1 Å². The Morgan fingerprint density at radius 1 is 0.947 bits per heavy atom. The quantitative estimate of drug-likeness (QED) is 0.338. The second-order valence-corrected chi connectivity index (χ2v) is 10.2. The average molecular weight is 526 g/mol. The largest absolute Gasteiger partial charge is 0.393 e. The van der Waals surface area contributed by atoms with Crippen molar-refractivity contribution >= 4 is 28.3 Å². The number of aromatic nitrogens is 4. The fourth-order valence-electron chi connectivity index (χ4n) is 5.37. The van der Waals surface area contributed by atoms with Gasteiger partial charge in [0.15, 0.2) is 5.60 Å². The summed E-state index contributed by atoms with van der Waals surface area (Å²) < 4.78 is 1.81. The maximum absolute atomic E-state index is 12.3. The lowest BCUT2D eigenvalue weighted by atomic mass is 9.83. The minimum atomic E-state index is -1.49. The summed E-state index contributed by atoms with van der Waals surface area (Å²) in [6.45, 7) is 1.41. The Balaban J connectivity index is 1.58. The molecule has 1 unspecified atom stereocenters. The molecule has 7 nitrogen and oxygen atoms in total. The fourth-order valence-corrected chi connectivity index (χ4v) is 5.71. The molecule has 192 valence electrons. The molecule has 1 aliphatic heterocycles. The molecular weight excluding hydrogens is 498 g/mol. The van der Waals surface area contributed by atoms with Gasteiger partial charge >= 0.3 is 0 Å². The summed E-state index contributed by atoms with van der Waals surface area (Å²) in [5.41, 5.74) is 3.01. The first-order valence-corrected chi connectivity index (χ1v) is 13.1. The van der Waals surface area contributed by atoms with Gasteiger partial charge in [0, 0.05) is 43.5 Å². The number of piperidine rings is 1. The monoisotopic (exact) mass is 525 g/mol. The maximum atomic E-state index is 12.3. The summed E-state index contributed by atoms with van der Waals surface area (Å²) in [6, 6.07) is 19.4. The predicted molar refractivity (Wildman–Crippen MR) is 149 cm³/mol. The van der Waals surface area contributed by atoms with Crippen LogP contribution >= 0.6 is 11.6 Å². The highest BCUT2D eigenvalue weighted by Crippen LogP contribution is 2.43. The molecule has 1 atom stereocenters. The van der Waals surface area contributed by atoms with Gasteiger partial charge in [0.1, 0.15) is 5.82 Å². The summed E-state index contributed by atoms with van der Waals surface area (Å²) in [6.07, 6.45) is 7.77. The van der Waals surface area contributed by atoms with Gasteiger partial charge in [-0.25, -0.2) is 9.97 Å². The fraction of sp³-hybridized carbons (Fsp3) is 0.233. The molecule has 0 saturated carbocycles. The number of hydrogen-bond donors (Lipinski definition) is 2. The number of aryl methyl sites for hydroxylation is 1. The SMILES string of the molecule is Cn1cncc1C(O)(c1ccncc1)c1ccc2nc(N3CCC(O)CC3)c(-c3ccccc3)c(Cl)c2c1. The third kappa shape index (κ3) is 4.13. The van der Waals surface area contributed by atoms with Crippen LogP contribution in [0, 0.1) is 0 Å². The Hall–Kier alpha value is -3.78. The van der Waals surface area contributed by atoms with Crippen molar-refractivity contribution in [1.29, 1.82) is 0 Å². The van der Waals surface area contributed by atoms with Crippen LogP contribution in [0.25, 0.3) is 22.0 Å². The van der Waals surface area contributed by atoms with Crippen LogP contribution in [0.2, 0.25) is 5.02 Å². The number of rotatable bonds is 5. The summed E-state index contributed by atoms with van der Waals surface area (Å²) in [5, 5.41) is 23.7. The summed E-state index contributed by atoms with van der Waals surface area (Å²) >= 11 is 7.23. The van der Waals surface area contributed by atoms with Crippen LogP contribution in [0.4, 0.5) is 5.82 Å². The van der Waals surface area contributed by atoms with Crippen molar-refractivity contribution in [1.82, 2.24) is 19.5 Å². The minimum absolute atomic E-state index is 0.289. The molecule has 0 radical (unpaired) electrons. The van der Waals surface area contributed by atoms with E-state index in [4.69, 9.17) is 16.6 Å². The lowest BCUT2D eigenvalue weighted by Gasteiger charge is -2.33. The molecule has 38 heavy (non-hydrogen) atoms. The molecule has 2 aromatic carbocycles. The Kier molecular flexibility index (Phi) is 6.35. The van der Waals surface area contributed by atoms with E-state index >= 15 is 0 Å². The molecule has 5 aromatic rings. The van der Waals surface area contributed by atoms with Gasteiger partial charge in [-0.3, -0.25) is 4.98 Å². The van der Waals surface area contributed by atoms with E-state index in [0.717, 1.165) is 27.8 Å². The first-order chi connectivity index (χ1) is 18.5. The Morgan fingerprint density at radius 3 is 2.37 bits per heavy atom. The van der Waals surface area contributed by atoms with Gasteiger partial charge in [-0.2, -0.15) is 0 Å². The standard InChI is InChI=1S/C30H28ClN5O2/c1-35-19-33-18-26(35)30(38,21-9-13-32-14-10-21)22-7-8-25-24(17-22)28(31)27(20-5-3-2-4-6-20)29(34-25)36-15-11-23(37)12-16-36/h2-10,13-14,17-19,23,37-38H,11-12,15-16H2,1H3. The Morgan fingerprint density at radius 2 is 1.68 bits per heavy atom. The molecule has 8 heteroatoms. The topological polar surface area (TPSA) is 87.3 Å². The number of imidazole rings is 1. The average Bonchev–Trinajstić information content (AvgIpc) is 3.40. The van der Waals surface area contributed by atoms with Crippen molar-refractivity contribution in [2.75, 3.05) is 18.0 Å². The predicted octanol–water partition coefficient (Wildman–Crippen LogP) is 4.93. The van der Waals surface area contributed by atoms with E-state index in [1.165, 1.54) is 0 Å². The van der Waals surface area contributed by atoms with Crippen LogP contribution in [0.3, 0.4) is 0 Å². The maximum Gasteiger partial charge on any atom is 0.157 e. The number of halogens is 1. The molecule has 0 aliphatic carbocycles. The third-order valence-electron chi connectivity index (χ3n) is 7.43. The van der Waals surface area contributed by atoms with Gasteiger partial charge in [0.2, 0.25) is 0 Å². The van der Waals surface area contributed by atoms with E-state index in [2.05, 4.69) is 14.9 Å². The van der Waals surface area contributed by atoms with Crippen molar-refractivity contribution in [3.63, 3.8) is 0 Å². The smallest absolute Gasteiger partial charge is 0.157 e. The van der Waals surface area contributed by atoms with Gasteiger partial charge in [-0.15, -0.1) is 0 Å². The van der Waals surface area contributed by atoms with Crippen molar-refractivity contribution in [3.05, 3.63) is 107 Å². The molecule has 6 rings (SSSR count). The van der Waals surface area contributed by atoms with Crippen molar-refractivity contribution < 1.29 is 10.2 Å². The number of fused-ring (bicyclic) bond motifs is 1. The zero-order valence-corrected chi connectivity index (χ0v) is 21.8. The van der Waals surface area contributed by atoms with Crippen molar-refractivity contribution in [2.45, 2.75) is 24.5 Å². The highest BCUT2D eigenvalue weighted by Gasteiger charge is 2.37. The second kappa shape index (κ2) is 9.83. The zero-order valence-electron chi connectivity index (χ0n) is 21.0. The number of pyridine rings is 2. The molecule has 3 aromatic heterocycles. The van der Waals surface area contributed by atoms with Gasteiger partial charge in [0.25, 0.3) is 0 Å². The Bertz CT molecular complexity index is 1580. The molecule has 1 aliphatic rings. The molecule has 4 heterocycles. The highest BCUT2D eigenvalue weighted by molar-refractivity contribution is 6.38.